The Morgan fingerprint density at radius 2 is 2.00 bits per heavy atom. The Morgan fingerprint density at radius 3 is 2.56 bits per heavy atom. The van der Waals surface area contributed by atoms with Crippen molar-refractivity contribution >= 4 is 16.5 Å². The van der Waals surface area contributed by atoms with Crippen LogP contribution < -0.4 is 0 Å². The van der Waals surface area contributed by atoms with Gasteiger partial charge in [0.05, 0.1) is 6.54 Å². The van der Waals surface area contributed by atoms with E-state index in [-0.39, 0.29) is 17.2 Å². The Kier molecular flexibility index (Phi) is 2.79. The molecule has 0 N–H and O–H groups in total. The number of nitrogens with zero attached hydrogens (tertiary/aromatic N) is 4. The van der Waals surface area contributed by atoms with E-state index >= 15 is 0 Å². The molecule has 16 heavy (non-hydrogen) atoms. The molecular weight excluding hydrogens is 241 g/mol. The zero-order valence-electron chi connectivity index (χ0n) is 8.66. The van der Waals surface area contributed by atoms with Crippen molar-refractivity contribution < 1.29 is 13.2 Å². The van der Waals surface area contributed by atoms with E-state index in [0.717, 1.165) is 4.57 Å². The molecule has 1 unspecified atom stereocenters. The fourth-order valence-electron chi connectivity index (χ4n) is 1.61. The van der Waals surface area contributed by atoms with Crippen LogP contribution in [0.3, 0.4) is 0 Å². The monoisotopic (exact) mass is 252 g/mol. The lowest BCUT2D eigenvalue weighted by Crippen LogP contribution is -2.31. The number of aromatic nitrogens is 3. The maximum atomic E-state index is 12.5. The van der Waals surface area contributed by atoms with Crippen LogP contribution in [0.15, 0.2) is 0 Å². The summed E-state index contributed by atoms with van der Waals surface area (Å²) in [5.74, 6) is 3.33. The van der Waals surface area contributed by atoms with Gasteiger partial charge in [0, 0.05) is 13.1 Å². The summed E-state index contributed by atoms with van der Waals surface area (Å²) in [6.45, 7) is 1.20. The van der Waals surface area contributed by atoms with Gasteiger partial charge in [-0.2, -0.15) is 13.2 Å². The first kappa shape index (κ1) is 11.6. The third-order valence-electron chi connectivity index (χ3n) is 2.41. The Bertz CT molecular complexity index is 425. The SMILES string of the molecule is C=S(C)N1CCn2c(nnc2C(F)(F)F)C1. The molecule has 0 bridgehead atoms. The highest BCUT2D eigenvalue weighted by molar-refractivity contribution is 8.11. The second-order valence-electron chi connectivity index (χ2n) is 3.55. The zero-order valence-corrected chi connectivity index (χ0v) is 9.48. The molecule has 0 saturated heterocycles. The van der Waals surface area contributed by atoms with Crippen molar-refractivity contribution in [1.29, 1.82) is 0 Å². The lowest BCUT2D eigenvalue weighted by molar-refractivity contribution is -0.147. The molecule has 90 valence electrons. The fourth-order valence-corrected chi connectivity index (χ4v) is 2.34. The van der Waals surface area contributed by atoms with E-state index < -0.39 is 12.0 Å². The summed E-state index contributed by atoms with van der Waals surface area (Å²) >= 11 is 0. The molecule has 8 heteroatoms. The Labute approximate surface area is 93.1 Å². The van der Waals surface area contributed by atoms with Crippen LogP contribution >= 0.6 is 10.7 Å². The molecular formula is C8H11F3N4S. The van der Waals surface area contributed by atoms with Gasteiger partial charge in [-0.25, -0.2) is 4.31 Å². The molecule has 2 rings (SSSR count). The minimum Gasteiger partial charge on any atom is -0.305 e. The molecule has 0 spiro atoms. The van der Waals surface area contributed by atoms with Crippen molar-refractivity contribution in [2.75, 3.05) is 12.8 Å². The molecule has 0 radical (unpaired) electrons. The number of alkyl halides is 3. The molecule has 0 aliphatic carbocycles. The van der Waals surface area contributed by atoms with Crippen molar-refractivity contribution in [2.24, 2.45) is 0 Å². The van der Waals surface area contributed by atoms with Gasteiger partial charge < -0.3 is 4.57 Å². The Morgan fingerprint density at radius 1 is 1.31 bits per heavy atom. The van der Waals surface area contributed by atoms with Gasteiger partial charge in [0.1, 0.15) is 5.82 Å². The van der Waals surface area contributed by atoms with Gasteiger partial charge in [-0.1, -0.05) is 5.87 Å². The van der Waals surface area contributed by atoms with Gasteiger partial charge in [-0.3, -0.25) is 0 Å². The van der Waals surface area contributed by atoms with E-state index in [1.54, 1.807) is 0 Å². The van der Waals surface area contributed by atoms with Crippen LogP contribution in [0, 0.1) is 0 Å². The van der Waals surface area contributed by atoms with Crippen LogP contribution in [0.1, 0.15) is 11.6 Å². The fraction of sp³-hybridized carbons (Fsp3) is 0.625. The first-order valence-electron chi connectivity index (χ1n) is 4.59. The summed E-state index contributed by atoms with van der Waals surface area (Å²) in [4.78, 5) is 0. The van der Waals surface area contributed by atoms with Crippen LogP contribution in [-0.2, 0) is 19.3 Å². The highest BCUT2D eigenvalue weighted by Crippen LogP contribution is 2.30. The summed E-state index contributed by atoms with van der Waals surface area (Å²) in [7, 11) is -0.200. The average molecular weight is 252 g/mol. The number of hydrogen-bond donors (Lipinski definition) is 0. The molecule has 1 aromatic rings. The molecule has 0 saturated carbocycles. The summed E-state index contributed by atoms with van der Waals surface area (Å²) in [5.41, 5.74) is 0. The van der Waals surface area contributed by atoms with Crippen molar-refractivity contribution in [2.45, 2.75) is 19.3 Å². The molecule has 0 aromatic carbocycles. The van der Waals surface area contributed by atoms with Crippen molar-refractivity contribution in [1.82, 2.24) is 19.1 Å². The minimum absolute atomic E-state index is 0.200. The Balaban J connectivity index is 2.31. The van der Waals surface area contributed by atoms with Crippen molar-refractivity contribution in [3.8, 4) is 0 Å². The lowest BCUT2D eigenvalue weighted by Gasteiger charge is -2.28. The first-order chi connectivity index (χ1) is 7.39. The summed E-state index contributed by atoms with van der Waals surface area (Å²) < 4.78 is 40.7. The molecule has 1 aliphatic heterocycles. The van der Waals surface area contributed by atoms with Gasteiger partial charge in [-0.05, 0) is 6.26 Å². The average Bonchev–Trinajstić information content (AvgIpc) is 2.58. The van der Waals surface area contributed by atoms with Crippen LogP contribution in [0.25, 0.3) is 0 Å². The topological polar surface area (TPSA) is 34.0 Å². The predicted octanol–water partition coefficient (Wildman–Crippen LogP) is 1.36. The highest BCUT2D eigenvalue weighted by atomic mass is 32.2. The van der Waals surface area contributed by atoms with Gasteiger partial charge >= 0.3 is 6.18 Å². The largest absolute Gasteiger partial charge is 0.451 e. The van der Waals surface area contributed by atoms with Crippen LogP contribution in [0.2, 0.25) is 0 Å². The molecule has 1 aliphatic rings. The molecule has 2 heterocycles. The third-order valence-corrected chi connectivity index (χ3v) is 3.61. The summed E-state index contributed by atoms with van der Waals surface area (Å²) in [6.07, 6.45) is -2.50. The van der Waals surface area contributed by atoms with Crippen molar-refractivity contribution in [3.63, 3.8) is 0 Å². The highest BCUT2D eigenvalue weighted by Gasteiger charge is 2.39. The van der Waals surface area contributed by atoms with E-state index in [2.05, 4.69) is 16.1 Å². The maximum Gasteiger partial charge on any atom is 0.451 e. The number of fused-ring (bicyclic) bond motifs is 1. The zero-order chi connectivity index (χ0) is 11.9. The molecule has 4 nitrogen and oxygen atoms in total. The molecule has 0 fully saturated rings. The maximum absolute atomic E-state index is 12.5. The second-order valence-corrected chi connectivity index (χ2v) is 5.27. The van der Waals surface area contributed by atoms with Crippen molar-refractivity contribution in [3.05, 3.63) is 11.6 Å². The normalized spacial score (nSPS) is 19.5. The van der Waals surface area contributed by atoms with Crippen LogP contribution in [0.4, 0.5) is 13.2 Å². The predicted molar refractivity (Wildman–Crippen MR) is 56.1 cm³/mol. The lowest BCUT2D eigenvalue weighted by atomic mass is 10.4. The number of hydrogen-bond acceptors (Lipinski definition) is 3. The van der Waals surface area contributed by atoms with E-state index in [4.69, 9.17) is 0 Å². The summed E-state index contributed by atoms with van der Waals surface area (Å²) in [6, 6.07) is 0. The smallest absolute Gasteiger partial charge is 0.305 e. The first-order valence-corrected chi connectivity index (χ1v) is 6.35. The van der Waals surface area contributed by atoms with Crippen LogP contribution in [0.5, 0.6) is 0 Å². The van der Waals surface area contributed by atoms with E-state index in [9.17, 15) is 13.2 Å². The van der Waals surface area contributed by atoms with Gasteiger partial charge in [0.15, 0.2) is 0 Å². The standard InChI is InChI=1S/C8H11F3N4S/c1-16(2)14-3-4-15-6(5-14)12-13-7(15)8(9,10)11/h1,3-5H2,2H3. The quantitative estimate of drug-likeness (QED) is 0.708. The van der Waals surface area contributed by atoms with Gasteiger partial charge in [-0.15, -0.1) is 20.9 Å². The molecule has 1 atom stereocenters. The number of halogens is 3. The Hall–Kier alpha value is -0.890. The molecule has 0 amide bonds. The number of rotatable bonds is 1. The minimum atomic E-state index is -4.42. The summed E-state index contributed by atoms with van der Waals surface area (Å²) in [5, 5.41) is 6.79. The third kappa shape index (κ3) is 1.99. The van der Waals surface area contributed by atoms with Crippen LogP contribution in [-0.4, -0.2) is 37.7 Å². The van der Waals surface area contributed by atoms with Gasteiger partial charge in [0.25, 0.3) is 0 Å². The van der Waals surface area contributed by atoms with E-state index in [1.165, 1.54) is 0 Å². The molecule has 1 aromatic heterocycles. The van der Waals surface area contributed by atoms with E-state index in [0.29, 0.717) is 18.9 Å². The van der Waals surface area contributed by atoms with E-state index in [1.807, 2.05) is 10.6 Å². The second kappa shape index (κ2) is 3.85. The van der Waals surface area contributed by atoms with Gasteiger partial charge in [0.2, 0.25) is 5.82 Å².